The average molecular weight is 245 g/mol. The monoisotopic (exact) mass is 245 g/mol. The van der Waals surface area contributed by atoms with Gasteiger partial charge in [0.1, 0.15) is 0 Å². The van der Waals surface area contributed by atoms with Crippen LogP contribution in [0.25, 0.3) is 0 Å². The zero-order valence-electron chi connectivity index (χ0n) is 10.0. The second-order valence-corrected chi connectivity index (χ2v) is 3.93. The van der Waals surface area contributed by atoms with E-state index in [0.717, 1.165) is 12.1 Å². The van der Waals surface area contributed by atoms with Crippen LogP contribution in [-0.4, -0.2) is 48.6 Å². The number of hydrazine groups is 1. The van der Waals surface area contributed by atoms with Gasteiger partial charge >= 0.3 is 29.6 Å². The van der Waals surface area contributed by atoms with Crippen LogP contribution in [0.1, 0.15) is 29.8 Å². The maximum atomic E-state index is 11.6. The summed E-state index contributed by atoms with van der Waals surface area (Å²) in [5.41, 5.74) is 7.68. The molecule has 0 spiro atoms. The Kier molecular flexibility index (Phi) is 8.47. The van der Waals surface area contributed by atoms with Gasteiger partial charge in [-0.15, -0.1) is 0 Å². The molecule has 0 unspecified atom stereocenters. The number of carbonyl (C=O) groups is 1. The molecule has 0 bridgehead atoms. The Morgan fingerprint density at radius 2 is 1.82 bits per heavy atom. The first-order valence-electron chi connectivity index (χ1n) is 5.43. The number of carbonyl (C=O) groups excluding carboxylic acids is 1. The summed E-state index contributed by atoms with van der Waals surface area (Å²) in [5, 5.41) is 2.85. The Morgan fingerprint density at radius 1 is 1.24 bits per heavy atom. The van der Waals surface area contributed by atoms with E-state index in [4.69, 9.17) is 0 Å². The number of hydrogen-bond acceptors (Lipinski definition) is 3. The first-order valence-corrected chi connectivity index (χ1v) is 5.43. The van der Waals surface area contributed by atoms with Crippen molar-refractivity contribution in [2.24, 2.45) is 0 Å². The molecule has 0 atom stereocenters. The van der Waals surface area contributed by atoms with Gasteiger partial charge in [0.15, 0.2) is 0 Å². The van der Waals surface area contributed by atoms with Crippen LogP contribution >= 0.6 is 0 Å². The molecule has 0 heterocycles. The molecular weight excluding hydrogens is 225 g/mol. The Bertz CT molecular complexity index is 338. The molecule has 0 aliphatic rings. The minimum atomic E-state index is -0.0249. The number of benzene rings is 1. The number of hydrogen-bond donors (Lipinski definition) is 3. The first-order chi connectivity index (χ1) is 7.63. The maximum absolute atomic E-state index is 11.6. The van der Waals surface area contributed by atoms with Crippen LogP contribution in [0.4, 0.5) is 0 Å². The molecule has 5 heteroatoms. The molecule has 17 heavy (non-hydrogen) atoms. The molecule has 1 aromatic carbocycles. The van der Waals surface area contributed by atoms with E-state index in [1.165, 1.54) is 0 Å². The fraction of sp³-hybridized carbons (Fsp3) is 0.417. The molecule has 0 aromatic heterocycles. The van der Waals surface area contributed by atoms with Crippen LogP contribution in [0.5, 0.6) is 0 Å². The van der Waals surface area contributed by atoms with Crippen molar-refractivity contribution in [3.63, 3.8) is 0 Å². The van der Waals surface area contributed by atoms with Gasteiger partial charge in [0.2, 0.25) is 0 Å². The van der Waals surface area contributed by atoms with Gasteiger partial charge in [0, 0.05) is 18.2 Å². The minimum absolute atomic E-state index is 0. The normalized spacial score (nSPS) is 9.88. The van der Waals surface area contributed by atoms with E-state index >= 15 is 0 Å². The van der Waals surface area contributed by atoms with Crippen molar-refractivity contribution in [1.29, 1.82) is 0 Å². The van der Waals surface area contributed by atoms with Crippen molar-refractivity contribution in [2.45, 2.75) is 26.4 Å². The SMILES string of the molecule is CNNCc1ccc(C(=O)NC(C)C)cc1.[NaH]. The van der Waals surface area contributed by atoms with E-state index in [1.807, 2.05) is 45.2 Å². The molecule has 0 fully saturated rings. The number of rotatable bonds is 5. The Labute approximate surface area is 125 Å². The van der Waals surface area contributed by atoms with E-state index in [0.29, 0.717) is 5.56 Å². The summed E-state index contributed by atoms with van der Waals surface area (Å²) in [6.07, 6.45) is 0. The van der Waals surface area contributed by atoms with Gasteiger partial charge in [0.05, 0.1) is 0 Å². The van der Waals surface area contributed by atoms with Gasteiger partial charge < -0.3 is 5.32 Å². The fourth-order valence-corrected chi connectivity index (χ4v) is 1.31. The van der Waals surface area contributed by atoms with Gasteiger partial charge in [-0.3, -0.25) is 15.6 Å². The van der Waals surface area contributed by atoms with Gasteiger partial charge in [-0.1, -0.05) is 12.1 Å². The molecule has 1 aromatic rings. The first kappa shape index (κ1) is 16.6. The predicted molar refractivity (Wildman–Crippen MR) is 72.1 cm³/mol. The summed E-state index contributed by atoms with van der Waals surface area (Å²) >= 11 is 0. The van der Waals surface area contributed by atoms with E-state index in [9.17, 15) is 4.79 Å². The van der Waals surface area contributed by atoms with Gasteiger partial charge in [-0.2, -0.15) is 0 Å². The molecule has 3 N–H and O–H groups in total. The van der Waals surface area contributed by atoms with E-state index in [-0.39, 0.29) is 41.5 Å². The third-order valence-corrected chi connectivity index (χ3v) is 2.11. The summed E-state index contributed by atoms with van der Waals surface area (Å²) in [6.45, 7) is 4.63. The second-order valence-electron chi connectivity index (χ2n) is 3.93. The zero-order valence-corrected chi connectivity index (χ0v) is 10.0. The molecule has 1 amide bonds. The third kappa shape index (κ3) is 6.19. The van der Waals surface area contributed by atoms with Crippen molar-refractivity contribution < 1.29 is 4.79 Å². The van der Waals surface area contributed by atoms with Crippen LogP contribution < -0.4 is 16.2 Å². The summed E-state index contributed by atoms with van der Waals surface area (Å²) in [6, 6.07) is 7.73. The molecule has 0 radical (unpaired) electrons. The molecule has 0 saturated heterocycles. The van der Waals surface area contributed by atoms with Crippen LogP contribution in [-0.2, 0) is 6.54 Å². The van der Waals surface area contributed by atoms with Gasteiger partial charge in [-0.25, -0.2) is 0 Å². The van der Waals surface area contributed by atoms with E-state index < -0.39 is 0 Å². The topological polar surface area (TPSA) is 53.2 Å². The van der Waals surface area contributed by atoms with Crippen LogP contribution in [0.3, 0.4) is 0 Å². The van der Waals surface area contributed by atoms with E-state index in [1.54, 1.807) is 0 Å². The van der Waals surface area contributed by atoms with Crippen molar-refractivity contribution in [3.05, 3.63) is 35.4 Å². The quantitative estimate of drug-likeness (QED) is 0.520. The molecule has 0 saturated carbocycles. The van der Waals surface area contributed by atoms with Gasteiger partial charge in [-0.05, 0) is 38.6 Å². The molecule has 90 valence electrons. The summed E-state index contributed by atoms with van der Waals surface area (Å²) in [5.74, 6) is -0.0249. The number of nitrogens with one attached hydrogen (secondary N) is 3. The van der Waals surface area contributed by atoms with Gasteiger partial charge in [0.25, 0.3) is 5.91 Å². The third-order valence-electron chi connectivity index (χ3n) is 2.11. The predicted octanol–water partition coefficient (Wildman–Crippen LogP) is 0.400. The van der Waals surface area contributed by atoms with Crippen LogP contribution in [0.15, 0.2) is 24.3 Å². The van der Waals surface area contributed by atoms with Crippen molar-refractivity contribution >= 4 is 35.5 Å². The fourth-order valence-electron chi connectivity index (χ4n) is 1.31. The zero-order chi connectivity index (χ0) is 12.0. The molecule has 0 aliphatic carbocycles. The summed E-state index contributed by atoms with van der Waals surface area (Å²) in [7, 11) is 1.82. The Hall–Kier alpha value is -0.390. The summed E-state index contributed by atoms with van der Waals surface area (Å²) in [4.78, 5) is 11.6. The molecular formula is C12H20N3NaO. The van der Waals surface area contributed by atoms with Crippen molar-refractivity contribution in [3.8, 4) is 0 Å². The Balaban J connectivity index is 0.00000256. The van der Waals surface area contributed by atoms with E-state index in [2.05, 4.69) is 16.2 Å². The molecule has 4 nitrogen and oxygen atoms in total. The van der Waals surface area contributed by atoms with Crippen LogP contribution in [0, 0.1) is 0 Å². The van der Waals surface area contributed by atoms with Crippen molar-refractivity contribution in [1.82, 2.24) is 16.2 Å². The summed E-state index contributed by atoms with van der Waals surface area (Å²) < 4.78 is 0. The molecule has 0 aliphatic heterocycles. The second kappa shape index (κ2) is 8.66. The van der Waals surface area contributed by atoms with Crippen LogP contribution in [0.2, 0.25) is 0 Å². The Morgan fingerprint density at radius 3 is 2.29 bits per heavy atom. The van der Waals surface area contributed by atoms with Crippen molar-refractivity contribution in [2.75, 3.05) is 7.05 Å². The average Bonchev–Trinajstić information content (AvgIpc) is 2.26. The standard InChI is InChI=1S/C12H19N3O.Na.H/c1-9(2)15-12(16)11-6-4-10(5-7-11)8-14-13-3;;/h4-7,9,13-14H,8H2,1-3H3,(H,15,16);;. The molecule has 1 rings (SSSR count). The number of amides is 1.